The molecule has 0 saturated heterocycles. The third-order valence-electron chi connectivity index (χ3n) is 1.94. The Morgan fingerprint density at radius 2 is 2.47 bits per heavy atom. The molecule has 2 rings (SSSR count). The number of aliphatic imine (C=N–C) groups is 1. The first-order valence-electron chi connectivity index (χ1n) is 4.71. The molecular formula is C8H13N5S2. The van der Waals surface area contributed by atoms with Crippen molar-refractivity contribution in [2.45, 2.75) is 29.8 Å². The fourth-order valence-electron chi connectivity index (χ4n) is 1.02. The van der Waals surface area contributed by atoms with Gasteiger partial charge in [-0.15, -0.1) is 10.2 Å². The summed E-state index contributed by atoms with van der Waals surface area (Å²) < 4.78 is 0.967. The van der Waals surface area contributed by atoms with E-state index in [0.29, 0.717) is 18.5 Å². The quantitative estimate of drug-likeness (QED) is 0.465. The molecular weight excluding hydrogens is 230 g/mol. The van der Waals surface area contributed by atoms with Crippen molar-refractivity contribution in [1.29, 1.82) is 0 Å². The van der Waals surface area contributed by atoms with E-state index in [0.717, 1.165) is 9.35 Å². The van der Waals surface area contributed by atoms with Gasteiger partial charge in [0.15, 0.2) is 10.3 Å². The first-order chi connectivity index (χ1) is 7.28. The number of aromatic nitrogens is 2. The molecule has 1 aliphatic rings. The van der Waals surface area contributed by atoms with Gasteiger partial charge in [-0.3, -0.25) is 0 Å². The normalized spacial score (nSPS) is 16.7. The smallest absolute Gasteiger partial charge is 0.189 e. The van der Waals surface area contributed by atoms with Crippen molar-refractivity contribution < 1.29 is 0 Å². The van der Waals surface area contributed by atoms with Crippen LogP contribution in [0.3, 0.4) is 0 Å². The molecule has 1 heterocycles. The van der Waals surface area contributed by atoms with Gasteiger partial charge in [-0.1, -0.05) is 23.1 Å². The third kappa shape index (κ3) is 3.35. The summed E-state index contributed by atoms with van der Waals surface area (Å²) in [7, 11) is 0. The van der Waals surface area contributed by atoms with E-state index >= 15 is 0 Å². The standard InChI is InChI=1S/C8H13N5S2/c1-14-8-13-12-6(15-8)4-10-7(9)11-5-2-3-5/h5H,2-4H2,1H3,(H3,9,10,11). The Bertz CT molecular complexity index is 358. The van der Waals surface area contributed by atoms with Crippen molar-refractivity contribution >= 4 is 29.1 Å². The van der Waals surface area contributed by atoms with Crippen molar-refractivity contribution in [3.63, 3.8) is 0 Å². The Kier molecular flexibility index (Phi) is 3.42. The SMILES string of the molecule is CSc1nnc(CN=C(N)NC2CC2)s1. The van der Waals surface area contributed by atoms with E-state index in [9.17, 15) is 0 Å². The van der Waals surface area contributed by atoms with Crippen LogP contribution in [-0.2, 0) is 6.54 Å². The monoisotopic (exact) mass is 243 g/mol. The summed E-state index contributed by atoms with van der Waals surface area (Å²) in [4.78, 5) is 4.20. The fraction of sp³-hybridized carbons (Fsp3) is 0.625. The zero-order chi connectivity index (χ0) is 10.7. The van der Waals surface area contributed by atoms with Gasteiger partial charge in [-0.2, -0.15) is 0 Å². The van der Waals surface area contributed by atoms with Crippen molar-refractivity contribution in [1.82, 2.24) is 15.5 Å². The molecule has 15 heavy (non-hydrogen) atoms. The van der Waals surface area contributed by atoms with Crippen LogP contribution in [0.4, 0.5) is 0 Å². The third-order valence-corrected chi connectivity index (χ3v) is 3.82. The minimum atomic E-state index is 0.512. The lowest BCUT2D eigenvalue weighted by molar-refractivity contribution is 0.867. The summed E-state index contributed by atoms with van der Waals surface area (Å²) in [6.45, 7) is 0.518. The van der Waals surface area contributed by atoms with Gasteiger partial charge in [0.25, 0.3) is 0 Å². The van der Waals surface area contributed by atoms with Gasteiger partial charge < -0.3 is 11.1 Å². The van der Waals surface area contributed by atoms with Gasteiger partial charge in [0.2, 0.25) is 0 Å². The number of nitrogens with one attached hydrogen (secondary N) is 1. The highest BCUT2D eigenvalue weighted by Gasteiger charge is 2.21. The summed E-state index contributed by atoms with van der Waals surface area (Å²) in [5.41, 5.74) is 5.69. The van der Waals surface area contributed by atoms with Gasteiger partial charge in [0.05, 0.1) is 6.54 Å². The maximum absolute atomic E-state index is 5.69. The Labute approximate surface area is 96.6 Å². The maximum atomic E-state index is 5.69. The lowest BCUT2D eigenvalue weighted by atomic mass is 10.6. The molecule has 0 amide bonds. The molecule has 1 saturated carbocycles. The molecule has 82 valence electrons. The van der Waals surface area contributed by atoms with Crippen molar-refractivity contribution in [3.8, 4) is 0 Å². The van der Waals surface area contributed by atoms with Crippen LogP contribution in [0.25, 0.3) is 0 Å². The van der Waals surface area contributed by atoms with Crippen LogP contribution in [0.5, 0.6) is 0 Å². The van der Waals surface area contributed by atoms with Crippen LogP contribution in [0.1, 0.15) is 17.8 Å². The summed E-state index contributed by atoms with van der Waals surface area (Å²) in [5.74, 6) is 0.512. The van der Waals surface area contributed by atoms with E-state index in [4.69, 9.17) is 5.73 Å². The van der Waals surface area contributed by atoms with E-state index in [1.54, 1.807) is 23.1 Å². The van der Waals surface area contributed by atoms with Gasteiger partial charge in [-0.05, 0) is 19.1 Å². The van der Waals surface area contributed by atoms with E-state index in [2.05, 4.69) is 20.5 Å². The number of rotatable bonds is 4. The van der Waals surface area contributed by atoms with E-state index in [1.807, 2.05) is 6.26 Å². The minimum absolute atomic E-state index is 0.512. The second kappa shape index (κ2) is 4.80. The summed E-state index contributed by atoms with van der Waals surface area (Å²) in [5, 5.41) is 12.0. The summed E-state index contributed by atoms with van der Waals surface area (Å²) in [6.07, 6.45) is 4.38. The van der Waals surface area contributed by atoms with Crippen LogP contribution in [0, 0.1) is 0 Å². The minimum Gasteiger partial charge on any atom is -0.370 e. The van der Waals surface area contributed by atoms with E-state index in [-0.39, 0.29) is 0 Å². The van der Waals surface area contributed by atoms with Crippen molar-refractivity contribution in [2.75, 3.05) is 6.26 Å². The lowest BCUT2D eigenvalue weighted by Crippen LogP contribution is -2.33. The molecule has 0 radical (unpaired) electrons. The molecule has 1 aromatic heterocycles. The first kappa shape index (κ1) is 10.7. The Morgan fingerprint density at radius 3 is 3.07 bits per heavy atom. The molecule has 0 aliphatic heterocycles. The Balaban J connectivity index is 1.84. The van der Waals surface area contributed by atoms with Crippen molar-refractivity contribution in [3.05, 3.63) is 5.01 Å². The number of hydrogen-bond acceptors (Lipinski definition) is 5. The van der Waals surface area contributed by atoms with Crippen LogP contribution < -0.4 is 11.1 Å². The van der Waals surface area contributed by atoms with Gasteiger partial charge in [0.1, 0.15) is 5.01 Å². The highest BCUT2D eigenvalue weighted by atomic mass is 32.2. The molecule has 0 unspecified atom stereocenters. The molecule has 1 aromatic rings. The number of guanidine groups is 1. The fourth-order valence-corrected chi connectivity index (χ4v) is 2.26. The van der Waals surface area contributed by atoms with Gasteiger partial charge in [-0.25, -0.2) is 4.99 Å². The van der Waals surface area contributed by atoms with Gasteiger partial charge in [0, 0.05) is 6.04 Å². The molecule has 0 bridgehead atoms. The topological polar surface area (TPSA) is 76.2 Å². The number of nitrogens with zero attached hydrogens (tertiary/aromatic N) is 3. The van der Waals surface area contributed by atoms with Crippen LogP contribution >= 0.6 is 23.1 Å². The summed E-state index contributed by atoms with van der Waals surface area (Å²) >= 11 is 3.15. The first-order valence-corrected chi connectivity index (χ1v) is 6.75. The molecule has 5 nitrogen and oxygen atoms in total. The van der Waals surface area contributed by atoms with E-state index < -0.39 is 0 Å². The highest BCUT2D eigenvalue weighted by Crippen LogP contribution is 2.20. The number of thioether (sulfide) groups is 1. The Hall–Kier alpha value is -0.820. The second-order valence-electron chi connectivity index (χ2n) is 3.29. The molecule has 0 aromatic carbocycles. The Morgan fingerprint density at radius 1 is 1.67 bits per heavy atom. The molecule has 1 fully saturated rings. The van der Waals surface area contributed by atoms with Crippen molar-refractivity contribution in [2.24, 2.45) is 10.7 Å². The molecule has 0 atom stereocenters. The molecule has 0 spiro atoms. The average molecular weight is 243 g/mol. The second-order valence-corrected chi connectivity index (χ2v) is 5.40. The number of nitrogens with two attached hydrogens (primary N) is 1. The van der Waals surface area contributed by atoms with Crippen LogP contribution in [-0.4, -0.2) is 28.5 Å². The maximum Gasteiger partial charge on any atom is 0.189 e. The molecule has 1 aliphatic carbocycles. The summed E-state index contributed by atoms with van der Waals surface area (Å²) in [6, 6.07) is 0.546. The van der Waals surface area contributed by atoms with Gasteiger partial charge >= 0.3 is 0 Å². The number of hydrogen-bond donors (Lipinski definition) is 2. The molecule has 7 heteroatoms. The molecule has 3 N–H and O–H groups in total. The average Bonchev–Trinajstić information content (AvgIpc) is 2.92. The largest absolute Gasteiger partial charge is 0.370 e. The lowest BCUT2D eigenvalue weighted by Gasteiger charge is -2.00. The predicted molar refractivity (Wildman–Crippen MR) is 63.2 cm³/mol. The highest BCUT2D eigenvalue weighted by molar-refractivity contribution is 8.00. The van der Waals surface area contributed by atoms with Crippen LogP contribution in [0.2, 0.25) is 0 Å². The predicted octanol–water partition coefficient (Wildman–Crippen LogP) is 0.827. The van der Waals surface area contributed by atoms with Crippen LogP contribution in [0.15, 0.2) is 9.33 Å². The zero-order valence-electron chi connectivity index (χ0n) is 8.43. The zero-order valence-corrected chi connectivity index (χ0v) is 10.1. The van der Waals surface area contributed by atoms with E-state index in [1.165, 1.54) is 12.8 Å².